The summed E-state index contributed by atoms with van der Waals surface area (Å²) < 4.78 is 27.3. The fourth-order valence-electron chi connectivity index (χ4n) is 4.29. The second-order valence-electron chi connectivity index (χ2n) is 7.66. The molecule has 0 radical (unpaired) electrons. The van der Waals surface area contributed by atoms with Crippen molar-refractivity contribution in [1.29, 1.82) is 0 Å². The highest BCUT2D eigenvalue weighted by molar-refractivity contribution is 7.89. The van der Waals surface area contributed by atoms with Crippen molar-refractivity contribution in [3.05, 3.63) is 29.8 Å². The number of sulfonamides is 1. The normalized spacial score (nSPS) is 23.4. The van der Waals surface area contributed by atoms with Crippen LogP contribution >= 0.6 is 12.4 Å². The fraction of sp³-hybridized carbons (Fsp3) is 0.650. The molecule has 1 aliphatic carbocycles. The standard InChI is InChI=1S/C20H31N3O3S.ClH/c1-2-4-16-7-9-18(10-8-16)27(25,26)23-13-11-22(12-14-23)20(24)19-6-3-5-17(19)15-21;/h7-10,17,19H,2-6,11-15,21H2,1H3;1H/t17-,19-;/m1./s1. The third-order valence-electron chi connectivity index (χ3n) is 5.93. The number of piperazine rings is 1. The van der Waals surface area contributed by atoms with Crippen LogP contribution in [0.4, 0.5) is 0 Å². The predicted molar refractivity (Wildman–Crippen MR) is 113 cm³/mol. The summed E-state index contributed by atoms with van der Waals surface area (Å²) >= 11 is 0. The summed E-state index contributed by atoms with van der Waals surface area (Å²) in [5.41, 5.74) is 6.96. The van der Waals surface area contributed by atoms with Gasteiger partial charge in [0.05, 0.1) is 4.90 Å². The molecule has 1 saturated carbocycles. The van der Waals surface area contributed by atoms with Gasteiger partial charge in [0.25, 0.3) is 0 Å². The fourth-order valence-corrected chi connectivity index (χ4v) is 5.72. The molecule has 1 heterocycles. The Morgan fingerprint density at radius 1 is 1.11 bits per heavy atom. The number of nitrogens with zero attached hydrogens (tertiary/aromatic N) is 2. The van der Waals surface area contributed by atoms with Crippen LogP contribution in [0.3, 0.4) is 0 Å². The van der Waals surface area contributed by atoms with E-state index >= 15 is 0 Å². The molecule has 1 amide bonds. The van der Waals surface area contributed by atoms with Gasteiger partial charge in [-0.15, -0.1) is 12.4 Å². The van der Waals surface area contributed by atoms with E-state index in [0.29, 0.717) is 37.6 Å². The van der Waals surface area contributed by atoms with E-state index in [4.69, 9.17) is 5.73 Å². The summed E-state index contributed by atoms with van der Waals surface area (Å²) in [6.07, 6.45) is 4.97. The average molecular weight is 430 g/mol. The van der Waals surface area contributed by atoms with E-state index < -0.39 is 10.0 Å². The highest BCUT2D eigenvalue weighted by atomic mass is 35.5. The lowest BCUT2D eigenvalue weighted by Gasteiger charge is -2.36. The molecule has 0 bridgehead atoms. The van der Waals surface area contributed by atoms with Gasteiger partial charge in [0.2, 0.25) is 15.9 Å². The topological polar surface area (TPSA) is 83.7 Å². The predicted octanol–water partition coefficient (Wildman–Crippen LogP) is 2.27. The molecule has 1 aromatic carbocycles. The molecule has 2 atom stereocenters. The van der Waals surface area contributed by atoms with Crippen molar-refractivity contribution in [3.63, 3.8) is 0 Å². The van der Waals surface area contributed by atoms with Crippen LogP contribution in [0.1, 0.15) is 38.2 Å². The largest absolute Gasteiger partial charge is 0.340 e. The maximum atomic E-state index is 12.9. The second kappa shape index (κ2) is 10.1. The van der Waals surface area contributed by atoms with Crippen molar-refractivity contribution in [3.8, 4) is 0 Å². The van der Waals surface area contributed by atoms with Crippen LogP contribution in [0.5, 0.6) is 0 Å². The molecule has 3 rings (SSSR count). The minimum Gasteiger partial charge on any atom is -0.340 e. The number of rotatable bonds is 6. The Hall–Kier alpha value is -1.15. The Balaban J connectivity index is 0.00000280. The molecule has 1 aromatic rings. The first-order valence-electron chi connectivity index (χ1n) is 10.0. The molecular weight excluding hydrogens is 398 g/mol. The molecule has 0 aromatic heterocycles. The molecule has 8 heteroatoms. The van der Waals surface area contributed by atoms with Gasteiger partial charge in [0.1, 0.15) is 0 Å². The van der Waals surface area contributed by atoms with E-state index in [1.165, 1.54) is 4.31 Å². The van der Waals surface area contributed by atoms with Crippen molar-refractivity contribution in [2.75, 3.05) is 32.7 Å². The van der Waals surface area contributed by atoms with E-state index in [2.05, 4.69) is 6.92 Å². The van der Waals surface area contributed by atoms with E-state index in [1.54, 1.807) is 12.1 Å². The Morgan fingerprint density at radius 3 is 2.32 bits per heavy atom. The number of hydrogen-bond acceptors (Lipinski definition) is 4. The maximum Gasteiger partial charge on any atom is 0.243 e. The minimum atomic E-state index is -3.50. The van der Waals surface area contributed by atoms with Crippen molar-refractivity contribution >= 4 is 28.3 Å². The minimum absolute atomic E-state index is 0. The summed E-state index contributed by atoms with van der Waals surface area (Å²) in [4.78, 5) is 15.0. The summed E-state index contributed by atoms with van der Waals surface area (Å²) in [5, 5.41) is 0. The Bertz CT molecular complexity index is 746. The second-order valence-corrected chi connectivity index (χ2v) is 9.59. The molecule has 2 fully saturated rings. The van der Waals surface area contributed by atoms with Crippen LogP contribution < -0.4 is 5.73 Å². The molecule has 28 heavy (non-hydrogen) atoms. The van der Waals surface area contributed by atoms with Gasteiger partial charge < -0.3 is 10.6 Å². The van der Waals surface area contributed by atoms with Crippen molar-refractivity contribution < 1.29 is 13.2 Å². The molecule has 2 N–H and O–H groups in total. The van der Waals surface area contributed by atoms with Crippen molar-refractivity contribution in [2.45, 2.75) is 43.9 Å². The quantitative estimate of drug-likeness (QED) is 0.751. The van der Waals surface area contributed by atoms with E-state index in [-0.39, 0.29) is 30.2 Å². The van der Waals surface area contributed by atoms with Gasteiger partial charge >= 0.3 is 0 Å². The van der Waals surface area contributed by atoms with Gasteiger partial charge in [-0.1, -0.05) is 31.9 Å². The number of carbonyl (C=O) groups is 1. The molecule has 0 unspecified atom stereocenters. The number of carbonyl (C=O) groups excluding carboxylic acids is 1. The average Bonchev–Trinajstić information content (AvgIpc) is 3.17. The Labute approximate surface area is 174 Å². The third kappa shape index (κ3) is 4.87. The number of aryl methyl sites for hydroxylation is 1. The Kier molecular flexibility index (Phi) is 8.30. The molecule has 6 nitrogen and oxygen atoms in total. The van der Waals surface area contributed by atoms with Crippen molar-refractivity contribution in [2.24, 2.45) is 17.6 Å². The number of benzene rings is 1. The van der Waals surface area contributed by atoms with E-state index in [9.17, 15) is 13.2 Å². The number of nitrogens with two attached hydrogens (primary N) is 1. The highest BCUT2D eigenvalue weighted by Crippen LogP contribution is 2.32. The van der Waals surface area contributed by atoms with Gasteiger partial charge in [0.15, 0.2) is 0 Å². The molecule has 158 valence electrons. The lowest BCUT2D eigenvalue weighted by atomic mass is 9.94. The summed E-state index contributed by atoms with van der Waals surface area (Å²) in [6.45, 7) is 4.28. The zero-order valence-electron chi connectivity index (χ0n) is 16.5. The molecule has 1 aliphatic heterocycles. The van der Waals surface area contributed by atoms with Crippen LogP contribution in [-0.2, 0) is 21.2 Å². The van der Waals surface area contributed by atoms with Crippen molar-refractivity contribution in [1.82, 2.24) is 9.21 Å². The van der Waals surface area contributed by atoms with Crippen LogP contribution in [-0.4, -0.2) is 56.3 Å². The van der Waals surface area contributed by atoms with Gasteiger partial charge in [-0.3, -0.25) is 4.79 Å². The van der Waals surface area contributed by atoms with Gasteiger partial charge in [0, 0.05) is 32.1 Å². The SMILES string of the molecule is CCCc1ccc(S(=O)(=O)N2CCN(C(=O)[C@@H]3CCC[C@@H]3CN)CC2)cc1.Cl. The Morgan fingerprint density at radius 2 is 1.75 bits per heavy atom. The lowest BCUT2D eigenvalue weighted by Crippen LogP contribution is -2.52. The lowest BCUT2D eigenvalue weighted by molar-refractivity contribution is -0.137. The highest BCUT2D eigenvalue weighted by Gasteiger charge is 2.37. The number of hydrogen-bond donors (Lipinski definition) is 1. The molecule has 0 spiro atoms. The smallest absolute Gasteiger partial charge is 0.243 e. The van der Waals surface area contributed by atoms with Gasteiger partial charge in [-0.25, -0.2) is 8.42 Å². The zero-order chi connectivity index (χ0) is 19.4. The van der Waals surface area contributed by atoms with E-state index in [0.717, 1.165) is 37.7 Å². The molecule has 1 saturated heterocycles. The first-order chi connectivity index (χ1) is 13.0. The van der Waals surface area contributed by atoms with Crippen LogP contribution in [0, 0.1) is 11.8 Å². The molecular formula is C20H32ClN3O3S. The van der Waals surface area contributed by atoms with Gasteiger partial charge in [-0.2, -0.15) is 4.31 Å². The van der Waals surface area contributed by atoms with Crippen LogP contribution in [0.25, 0.3) is 0 Å². The summed E-state index contributed by atoms with van der Waals surface area (Å²) in [6, 6.07) is 7.18. The first-order valence-corrected chi connectivity index (χ1v) is 11.5. The summed E-state index contributed by atoms with van der Waals surface area (Å²) in [5.74, 6) is 0.453. The van der Waals surface area contributed by atoms with Crippen LogP contribution in [0.2, 0.25) is 0 Å². The van der Waals surface area contributed by atoms with Crippen LogP contribution in [0.15, 0.2) is 29.2 Å². The first kappa shape index (κ1) is 23.1. The third-order valence-corrected chi connectivity index (χ3v) is 7.84. The van der Waals surface area contributed by atoms with E-state index in [1.807, 2.05) is 17.0 Å². The maximum absolute atomic E-state index is 12.9. The monoisotopic (exact) mass is 429 g/mol. The summed E-state index contributed by atoms with van der Waals surface area (Å²) in [7, 11) is -3.50. The number of amides is 1. The molecule has 2 aliphatic rings. The zero-order valence-corrected chi connectivity index (χ0v) is 18.2. The number of halogens is 1. The van der Waals surface area contributed by atoms with Gasteiger partial charge in [-0.05, 0) is 49.4 Å².